The number of hydrogen-bond donors (Lipinski definition) is 1. The van der Waals surface area contributed by atoms with Crippen LogP contribution < -0.4 is 5.32 Å². The molecule has 1 aromatic rings. The van der Waals surface area contributed by atoms with E-state index in [2.05, 4.69) is 10.3 Å². The molecule has 1 heterocycles. The lowest BCUT2D eigenvalue weighted by atomic mass is 10.0. The Bertz CT molecular complexity index is 579. The van der Waals surface area contributed by atoms with Crippen molar-refractivity contribution in [1.82, 2.24) is 4.98 Å². The zero-order valence-corrected chi connectivity index (χ0v) is 11.2. The first-order valence-electron chi connectivity index (χ1n) is 5.58. The summed E-state index contributed by atoms with van der Waals surface area (Å²) in [6.07, 6.45) is 2.79. The van der Waals surface area contributed by atoms with Gasteiger partial charge in [-0.3, -0.25) is 9.59 Å². The average Bonchev–Trinajstić information content (AvgIpc) is 3.17. The van der Waals surface area contributed by atoms with Crippen LogP contribution >= 0.6 is 23.2 Å². The van der Waals surface area contributed by atoms with Gasteiger partial charge in [-0.25, -0.2) is 4.98 Å². The van der Waals surface area contributed by atoms with Crippen molar-refractivity contribution in [1.29, 1.82) is 5.26 Å². The normalized spacial score (nSPS) is 15.4. The quantitative estimate of drug-likeness (QED) is 0.865. The number of rotatable bonds is 4. The van der Waals surface area contributed by atoms with Crippen LogP contribution in [0.3, 0.4) is 0 Å². The minimum atomic E-state index is -1.32. The summed E-state index contributed by atoms with van der Waals surface area (Å²) in [6, 6.07) is 3.13. The zero-order chi connectivity index (χ0) is 14.0. The van der Waals surface area contributed by atoms with Gasteiger partial charge in [0.2, 0.25) is 0 Å². The minimum absolute atomic E-state index is 0.0833. The third kappa shape index (κ3) is 3.22. The standard InChI is InChI=1S/C12H9Cl2N3O2/c13-7-3-9(14)11(16-5-7)17-12(19)8(4-15)10(18)6-1-2-6/h3,5-6,8H,1-2H2,(H,16,17,19). The number of carbonyl (C=O) groups excluding carboxylic acids is 2. The van der Waals surface area contributed by atoms with Crippen LogP contribution in [0.25, 0.3) is 0 Å². The molecular formula is C12H9Cl2N3O2. The lowest BCUT2D eigenvalue weighted by Crippen LogP contribution is -2.30. The van der Waals surface area contributed by atoms with E-state index in [0.29, 0.717) is 5.02 Å². The Labute approximate surface area is 119 Å². The summed E-state index contributed by atoms with van der Waals surface area (Å²) < 4.78 is 0. The zero-order valence-electron chi connectivity index (χ0n) is 9.69. The number of carbonyl (C=O) groups is 2. The van der Waals surface area contributed by atoms with Crippen LogP contribution in [0.5, 0.6) is 0 Å². The SMILES string of the molecule is N#CC(C(=O)Nc1ncc(Cl)cc1Cl)C(=O)C1CC1. The van der Waals surface area contributed by atoms with Crippen LogP contribution in [0.1, 0.15) is 12.8 Å². The Morgan fingerprint density at radius 1 is 1.47 bits per heavy atom. The number of Topliss-reactive ketones (excluding diaryl/α,β-unsaturated/α-hetero) is 1. The highest BCUT2D eigenvalue weighted by Crippen LogP contribution is 2.32. The highest BCUT2D eigenvalue weighted by Gasteiger charge is 2.38. The van der Waals surface area contributed by atoms with Crippen molar-refractivity contribution in [2.75, 3.05) is 5.32 Å². The Morgan fingerprint density at radius 3 is 2.68 bits per heavy atom. The van der Waals surface area contributed by atoms with Crippen molar-refractivity contribution < 1.29 is 9.59 Å². The first-order chi connectivity index (χ1) is 9.02. The van der Waals surface area contributed by atoms with E-state index in [4.69, 9.17) is 28.5 Å². The maximum absolute atomic E-state index is 11.9. The highest BCUT2D eigenvalue weighted by molar-refractivity contribution is 6.36. The van der Waals surface area contributed by atoms with E-state index in [1.165, 1.54) is 12.3 Å². The molecule has 0 radical (unpaired) electrons. The van der Waals surface area contributed by atoms with Crippen LogP contribution in [0.15, 0.2) is 12.3 Å². The van der Waals surface area contributed by atoms with Crippen molar-refractivity contribution in [2.24, 2.45) is 11.8 Å². The Hall–Kier alpha value is -1.64. The van der Waals surface area contributed by atoms with Crippen molar-refractivity contribution in [3.8, 4) is 6.07 Å². The summed E-state index contributed by atoms with van der Waals surface area (Å²) in [5, 5.41) is 11.8. The van der Waals surface area contributed by atoms with Crippen LogP contribution in [0, 0.1) is 23.2 Å². The predicted molar refractivity (Wildman–Crippen MR) is 69.7 cm³/mol. The molecule has 1 fully saturated rings. The number of halogens is 2. The Morgan fingerprint density at radius 2 is 2.16 bits per heavy atom. The van der Waals surface area contributed by atoms with Gasteiger partial charge in [0.25, 0.3) is 5.91 Å². The number of aromatic nitrogens is 1. The second-order valence-electron chi connectivity index (χ2n) is 4.21. The van der Waals surface area contributed by atoms with Gasteiger partial charge >= 0.3 is 0 Å². The maximum atomic E-state index is 11.9. The fourth-order valence-electron chi connectivity index (χ4n) is 1.55. The molecule has 5 nitrogen and oxygen atoms in total. The number of pyridine rings is 1. The summed E-state index contributed by atoms with van der Waals surface area (Å²) >= 11 is 11.5. The van der Waals surface area contributed by atoms with Crippen LogP contribution in [0.2, 0.25) is 10.0 Å². The number of nitrogens with one attached hydrogen (secondary N) is 1. The van der Waals surface area contributed by atoms with E-state index >= 15 is 0 Å². The molecule has 1 amide bonds. The van der Waals surface area contributed by atoms with Gasteiger partial charge in [-0.15, -0.1) is 0 Å². The Balaban J connectivity index is 2.11. The topological polar surface area (TPSA) is 82.8 Å². The van der Waals surface area contributed by atoms with E-state index in [1.807, 2.05) is 0 Å². The van der Waals surface area contributed by atoms with E-state index in [-0.39, 0.29) is 22.5 Å². The second kappa shape index (κ2) is 5.55. The van der Waals surface area contributed by atoms with Gasteiger partial charge in [0, 0.05) is 12.1 Å². The van der Waals surface area contributed by atoms with E-state index in [1.54, 1.807) is 6.07 Å². The molecule has 7 heteroatoms. The van der Waals surface area contributed by atoms with Gasteiger partial charge in [-0.05, 0) is 18.9 Å². The molecule has 0 spiro atoms. The van der Waals surface area contributed by atoms with E-state index < -0.39 is 11.8 Å². The summed E-state index contributed by atoms with van der Waals surface area (Å²) in [5.74, 6) is -2.45. The highest BCUT2D eigenvalue weighted by atomic mass is 35.5. The molecule has 1 aromatic heterocycles. The lowest BCUT2D eigenvalue weighted by molar-refractivity contribution is -0.129. The summed E-state index contributed by atoms with van der Waals surface area (Å²) in [6.45, 7) is 0. The number of nitrogens with zero attached hydrogens (tertiary/aromatic N) is 2. The summed E-state index contributed by atoms with van der Waals surface area (Å²) in [5.41, 5.74) is 0. The molecule has 0 saturated heterocycles. The molecule has 19 heavy (non-hydrogen) atoms. The lowest BCUT2D eigenvalue weighted by Gasteiger charge is -2.09. The van der Waals surface area contributed by atoms with Crippen molar-refractivity contribution in [3.63, 3.8) is 0 Å². The molecule has 2 rings (SSSR count). The smallest absolute Gasteiger partial charge is 0.250 e. The van der Waals surface area contributed by atoms with Gasteiger partial charge in [-0.2, -0.15) is 5.26 Å². The summed E-state index contributed by atoms with van der Waals surface area (Å²) in [4.78, 5) is 27.5. The van der Waals surface area contributed by atoms with Gasteiger partial charge in [0.15, 0.2) is 17.5 Å². The average molecular weight is 298 g/mol. The molecule has 98 valence electrons. The van der Waals surface area contributed by atoms with Crippen LogP contribution in [-0.2, 0) is 9.59 Å². The fourth-order valence-corrected chi connectivity index (χ4v) is 1.98. The third-order valence-corrected chi connectivity index (χ3v) is 3.20. The molecule has 1 atom stereocenters. The number of anilines is 1. The molecule has 0 aromatic carbocycles. The molecule has 1 aliphatic rings. The van der Waals surface area contributed by atoms with Crippen molar-refractivity contribution in [3.05, 3.63) is 22.3 Å². The first kappa shape index (κ1) is 13.8. The van der Waals surface area contributed by atoms with Crippen molar-refractivity contribution in [2.45, 2.75) is 12.8 Å². The fraction of sp³-hybridized carbons (Fsp3) is 0.333. The molecule has 0 aliphatic heterocycles. The molecule has 1 aliphatic carbocycles. The van der Waals surface area contributed by atoms with Gasteiger partial charge in [-0.1, -0.05) is 23.2 Å². The van der Waals surface area contributed by atoms with Gasteiger partial charge in [0.05, 0.1) is 16.1 Å². The predicted octanol–water partition coefficient (Wildman–Crippen LogP) is 2.45. The number of amides is 1. The second-order valence-corrected chi connectivity index (χ2v) is 5.06. The minimum Gasteiger partial charge on any atom is -0.308 e. The van der Waals surface area contributed by atoms with Crippen LogP contribution in [-0.4, -0.2) is 16.7 Å². The molecular weight excluding hydrogens is 289 g/mol. The number of ketones is 1. The molecule has 1 unspecified atom stereocenters. The van der Waals surface area contributed by atoms with E-state index in [9.17, 15) is 9.59 Å². The number of nitriles is 1. The first-order valence-corrected chi connectivity index (χ1v) is 6.33. The van der Waals surface area contributed by atoms with Gasteiger partial charge < -0.3 is 5.32 Å². The third-order valence-electron chi connectivity index (χ3n) is 2.70. The monoisotopic (exact) mass is 297 g/mol. The van der Waals surface area contributed by atoms with Gasteiger partial charge in [0.1, 0.15) is 0 Å². The molecule has 0 bridgehead atoms. The maximum Gasteiger partial charge on any atom is 0.250 e. The largest absolute Gasteiger partial charge is 0.308 e. The molecule has 1 saturated carbocycles. The van der Waals surface area contributed by atoms with Crippen molar-refractivity contribution >= 4 is 40.7 Å². The van der Waals surface area contributed by atoms with E-state index in [0.717, 1.165) is 12.8 Å². The molecule has 1 N–H and O–H groups in total. The number of hydrogen-bond acceptors (Lipinski definition) is 4. The Kier molecular flexibility index (Phi) is 4.03. The summed E-state index contributed by atoms with van der Waals surface area (Å²) in [7, 11) is 0. The van der Waals surface area contributed by atoms with Crippen LogP contribution in [0.4, 0.5) is 5.82 Å².